The Morgan fingerprint density at radius 2 is 2.04 bits per heavy atom. The number of hydrogen-bond donors (Lipinski definition) is 1. The summed E-state index contributed by atoms with van der Waals surface area (Å²) >= 11 is 1.67. The van der Waals surface area contributed by atoms with Gasteiger partial charge < -0.3 is 10.1 Å². The SMILES string of the molecule is CCOc1cccc([C@H]2CC(=O)NC3=C2C(=O)C[C@@H](c2cccs2)C3)c1. The number of ether oxygens (including phenoxy) is 1. The molecule has 4 rings (SSSR count). The largest absolute Gasteiger partial charge is 0.494 e. The predicted octanol–water partition coefficient (Wildman–Crippen LogP) is 4.15. The molecule has 0 bridgehead atoms. The van der Waals surface area contributed by atoms with Gasteiger partial charge in [-0.3, -0.25) is 9.59 Å². The number of Topliss-reactive ketones (excluding diaryl/α,β-unsaturated/α-hetero) is 1. The fraction of sp³-hybridized carbons (Fsp3) is 0.333. The zero-order chi connectivity index (χ0) is 18.1. The average Bonchev–Trinajstić information content (AvgIpc) is 3.16. The topological polar surface area (TPSA) is 55.4 Å². The number of benzene rings is 1. The van der Waals surface area contributed by atoms with Gasteiger partial charge in [0.2, 0.25) is 5.91 Å². The number of nitrogens with one attached hydrogen (secondary N) is 1. The molecular weight excluding hydrogens is 346 g/mol. The number of ketones is 1. The van der Waals surface area contributed by atoms with Gasteiger partial charge in [0.1, 0.15) is 5.75 Å². The van der Waals surface area contributed by atoms with Gasteiger partial charge in [-0.2, -0.15) is 0 Å². The minimum Gasteiger partial charge on any atom is -0.494 e. The first-order valence-corrected chi connectivity index (χ1v) is 9.86. The van der Waals surface area contributed by atoms with Crippen molar-refractivity contribution in [3.8, 4) is 5.75 Å². The van der Waals surface area contributed by atoms with Crippen molar-refractivity contribution in [3.05, 3.63) is 63.5 Å². The molecule has 26 heavy (non-hydrogen) atoms. The molecule has 0 saturated carbocycles. The highest BCUT2D eigenvalue weighted by atomic mass is 32.1. The predicted molar refractivity (Wildman–Crippen MR) is 101 cm³/mol. The fourth-order valence-corrected chi connectivity index (χ4v) is 4.79. The Bertz CT molecular complexity index is 869. The van der Waals surface area contributed by atoms with E-state index in [0.29, 0.717) is 19.4 Å². The lowest BCUT2D eigenvalue weighted by molar-refractivity contribution is -0.122. The van der Waals surface area contributed by atoms with E-state index in [1.807, 2.05) is 42.6 Å². The Morgan fingerprint density at radius 3 is 2.81 bits per heavy atom. The Hall–Kier alpha value is -2.40. The van der Waals surface area contributed by atoms with Crippen LogP contribution in [0.3, 0.4) is 0 Å². The quantitative estimate of drug-likeness (QED) is 0.883. The molecule has 0 saturated heterocycles. The highest BCUT2D eigenvalue weighted by Gasteiger charge is 2.38. The van der Waals surface area contributed by atoms with Gasteiger partial charge in [0, 0.05) is 40.8 Å². The standard InChI is InChI=1S/C21H21NO3S/c1-2-25-15-6-3-5-13(9-15)16-12-20(24)22-17-10-14(11-18(23)21(16)17)19-7-4-8-26-19/h3-9,14,16H,2,10-12H2,1H3,(H,22,24)/t14-,16+/m0/s1. The normalized spacial score (nSPS) is 22.8. The number of thiophene rings is 1. The summed E-state index contributed by atoms with van der Waals surface area (Å²) in [4.78, 5) is 26.5. The molecule has 0 spiro atoms. The van der Waals surface area contributed by atoms with Gasteiger partial charge >= 0.3 is 0 Å². The number of hydrogen-bond acceptors (Lipinski definition) is 4. The van der Waals surface area contributed by atoms with Crippen LogP contribution in [0.25, 0.3) is 0 Å². The van der Waals surface area contributed by atoms with E-state index in [2.05, 4.69) is 11.4 Å². The van der Waals surface area contributed by atoms with Crippen LogP contribution in [-0.2, 0) is 9.59 Å². The summed E-state index contributed by atoms with van der Waals surface area (Å²) in [7, 11) is 0. The van der Waals surface area contributed by atoms with E-state index in [1.54, 1.807) is 11.3 Å². The lowest BCUT2D eigenvalue weighted by atomic mass is 9.74. The van der Waals surface area contributed by atoms with Crippen LogP contribution in [0.15, 0.2) is 53.0 Å². The molecule has 2 heterocycles. The minimum atomic E-state index is -0.184. The third kappa shape index (κ3) is 3.19. The molecular formula is C21H21NO3S. The van der Waals surface area contributed by atoms with Crippen LogP contribution >= 0.6 is 11.3 Å². The molecule has 1 amide bonds. The second-order valence-corrected chi connectivity index (χ2v) is 7.73. The second kappa shape index (κ2) is 7.08. The fourth-order valence-electron chi connectivity index (χ4n) is 3.96. The van der Waals surface area contributed by atoms with Gasteiger partial charge in [0.25, 0.3) is 0 Å². The molecule has 2 atom stereocenters. The van der Waals surface area contributed by atoms with Crippen LogP contribution in [0, 0.1) is 0 Å². The lowest BCUT2D eigenvalue weighted by Crippen LogP contribution is -2.38. The molecule has 2 aliphatic rings. The first kappa shape index (κ1) is 17.0. The van der Waals surface area contributed by atoms with Gasteiger partial charge in [-0.15, -0.1) is 11.3 Å². The Labute approximate surface area is 156 Å². The van der Waals surface area contributed by atoms with E-state index in [-0.39, 0.29) is 23.5 Å². The number of amides is 1. The first-order chi connectivity index (χ1) is 12.7. The number of allylic oxidation sites excluding steroid dienone is 2. The lowest BCUT2D eigenvalue weighted by Gasteiger charge is -2.34. The molecule has 1 N–H and O–H groups in total. The molecule has 0 unspecified atom stereocenters. The summed E-state index contributed by atoms with van der Waals surface area (Å²) < 4.78 is 5.59. The van der Waals surface area contributed by atoms with Crippen molar-refractivity contribution >= 4 is 23.0 Å². The molecule has 2 aromatic rings. The van der Waals surface area contributed by atoms with Gasteiger partial charge in [0.05, 0.1) is 6.61 Å². The van der Waals surface area contributed by atoms with Crippen LogP contribution in [-0.4, -0.2) is 18.3 Å². The van der Waals surface area contributed by atoms with E-state index in [4.69, 9.17) is 4.74 Å². The van der Waals surface area contributed by atoms with Crippen molar-refractivity contribution in [2.45, 2.75) is 38.0 Å². The maximum atomic E-state index is 13.0. The van der Waals surface area contributed by atoms with Crippen molar-refractivity contribution in [1.29, 1.82) is 0 Å². The number of carbonyl (C=O) groups is 2. The summed E-state index contributed by atoms with van der Waals surface area (Å²) in [6, 6.07) is 11.8. The summed E-state index contributed by atoms with van der Waals surface area (Å²) in [5.74, 6) is 0.885. The van der Waals surface area contributed by atoms with Crippen LogP contribution in [0.2, 0.25) is 0 Å². The summed E-state index contributed by atoms with van der Waals surface area (Å²) in [5.41, 5.74) is 2.56. The van der Waals surface area contributed by atoms with Crippen LogP contribution in [0.1, 0.15) is 48.5 Å². The van der Waals surface area contributed by atoms with Gasteiger partial charge in [-0.05, 0) is 42.5 Å². The van der Waals surface area contributed by atoms with E-state index < -0.39 is 0 Å². The Kier molecular flexibility index (Phi) is 4.64. The van der Waals surface area contributed by atoms with E-state index in [9.17, 15) is 9.59 Å². The van der Waals surface area contributed by atoms with Crippen LogP contribution in [0.5, 0.6) is 5.75 Å². The summed E-state index contributed by atoms with van der Waals surface area (Å²) in [6.45, 7) is 2.53. The average molecular weight is 367 g/mol. The van der Waals surface area contributed by atoms with E-state index in [0.717, 1.165) is 29.0 Å². The van der Waals surface area contributed by atoms with Gasteiger partial charge in [0.15, 0.2) is 5.78 Å². The molecule has 134 valence electrons. The van der Waals surface area contributed by atoms with E-state index >= 15 is 0 Å². The molecule has 1 aliphatic heterocycles. The molecule has 1 aromatic heterocycles. The number of carbonyl (C=O) groups excluding carboxylic acids is 2. The molecule has 5 heteroatoms. The zero-order valence-corrected chi connectivity index (χ0v) is 15.5. The highest BCUT2D eigenvalue weighted by Crippen LogP contribution is 2.43. The first-order valence-electron chi connectivity index (χ1n) is 8.98. The van der Waals surface area contributed by atoms with Crippen molar-refractivity contribution in [2.75, 3.05) is 6.61 Å². The summed E-state index contributed by atoms with van der Waals surface area (Å²) in [5, 5.41) is 5.01. The highest BCUT2D eigenvalue weighted by molar-refractivity contribution is 7.10. The Balaban J connectivity index is 1.70. The van der Waals surface area contributed by atoms with Gasteiger partial charge in [-0.1, -0.05) is 18.2 Å². The maximum Gasteiger partial charge on any atom is 0.225 e. The van der Waals surface area contributed by atoms with Crippen molar-refractivity contribution < 1.29 is 14.3 Å². The minimum absolute atomic E-state index is 0.0183. The molecule has 1 aromatic carbocycles. The second-order valence-electron chi connectivity index (χ2n) is 6.75. The van der Waals surface area contributed by atoms with Crippen molar-refractivity contribution in [3.63, 3.8) is 0 Å². The molecule has 1 aliphatic carbocycles. The summed E-state index contributed by atoms with van der Waals surface area (Å²) in [6.07, 6.45) is 1.54. The third-order valence-corrected chi connectivity index (χ3v) is 6.09. The smallest absolute Gasteiger partial charge is 0.225 e. The van der Waals surface area contributed by atoms with E-state index in [1.165, 1.54) is 4.88 Å². The third-order valence-electron chi connectivity index (χ3n) is 5.05. The van der Waals surface area contributed by atoms with Crippen molar-refractivity contribution in [1.82, 2.24) is 5.32 Å². The number of rotatable bonds is 4. The molecule has 0 fully saturated rings. The maximum absolute atomic E-state index is 13.0. The Morgan fingerprint density at radius 1 is 1.15 bits per heavy atom. The zero-order valence-electron chi connectivity index (χ0n) is 14.7. The van der Waals surface area contributed by atoms with Crippen LogP contribution in [0.4, 0.5) is 0 Å². The van der Waals surface area contributed by atoms with Gasteiger partial charge in [-0.25, -0.2) is 0 Å². The molecule has 4 nitrogen and oxygen atoms in total. The molecule has 0 radical (unpaired) electrons. The monoisotopic (exact) mass is 367 g/mol. The van der Waals surface area contributed by atoms with Crippen molar-refractivity contribution in [2.24, 2.45) is 0 Å². The van der Waals surface area contributed by atoms with Crippen LogP contribution < -0.4 is 10.1 Å².